The molecule has 2 aromatic heterocycles. The lowest BCUT2D eigenvalue weighted by Gasteiger charge is -2.24. The largest absolute Gasteiger partial charge is 0.444 e. The van der Waals surface area contributed by atoms with Crippen molar-refractivity contribution >= 4 is 94.5 Å². The number of pyridine rings is 2. The van der Waals surface area contributed by atoms with Crippen LogP contribution in [0.1, 0.15) is 54.4 Å². The fourth-order valence-electron chi connectivity index (χ4n) is 5.55. The highest BCUT2D eigenvalue weighted by atomic mass is 79.9. The van der Waals surface area contributed by atoms with Crippen molar-refractivity contribution in [2.24, 2.45) is 5.73 Å². The van der Waals surface area contributed by atoms with Crippen molar-refractivity contribution in [3.05, 3.63) is 83.0 Å². The molecular formula is C36H43Br2ClN8O8. The molecule has 0 radical (unpaired) electrons. The van der Waals surface area contributed by atoms with Crippen molar-refractivity contribution in [1.82, 2.24) is 19.8 Å². The predicted octanol–water partition coefficient (Wildman–Crippen LogP) is 8.84. The maximum absolute atomic E-state index is 12.2. The van der Waals surface area contributed by atoms with Crippen molar-refractivity contribution in [3.8, 4) is 0 Å². The zero-order valence-electron chi connectivity index (χ0n) is 31.2. The number of hydrogen-bond acceptors (Lipinski definition) is 12. The molecular weight excluding hydrogens is 868 g/mol. The van der Waals surface area contributed by atoms with Gasteiger partial charge in [0.2, 0.25) is 0 Å². The molecule has 0 spiro atoms. The summed E-state index contributed by atoms with van der Waals surface area (Å²) in [6.45, 7) is 13.3. The lowest BCUT2D eigenvalue weighted by atomic mass is 10.1. The van der Waals surface area contributed by atoms with Gasteiger partial charge in [0.1, 0.15) is 34.3 Å². The van der Waals surface area contributed by atoms with Crippen molar-refractivity contribution in [3.63, 3.8) is 0 Å². The number of likely N-dealkylation sites (tertiary alicyclic amines) is 2. The molecule has 296 valence electrons. The number of nitrogens with one attached hydrogen (secondary N) is 1. The molecule has 2 saturated heterocycles. The highest BCUT2D eigenvalue weighted by Crippen LogP contribution is 2.35. The molecule has 0 saturated carbocycles. The van der Waals surface area contributed by atoms with Gasteiger partial charge in [-0.3, -0.25) is 20.2 Å². The van der Waals surface area contributed by atoms with E-state index in [1.165, 1.54) is 12.4 Å². The van der Waals surface area contributed by atoms with E-state index in [1.54, 1.807) is 40.1 Å². The van der Waals surface area contributed by atoms with E-state index < -0.39 is 21.0 Å². The minimum atomic E-state index is -0.561. The number of rotatable bonds is 4. The lowest BCUT2D eigenvalue weighted by molar-refractivity contribution is -0.384. The van der Waals surface area contributed by atoms with E-state index in [0.29, 0.717) is 53.5 Å². The predicted molar refractivity (Wildman–Crippen MR) is 217 cm³/mol. The maximum atomic E-state index is 12.2. The molecule has 2 amide bonds. The third kappa shape index (κ3) is 12.3. The van der Waals surface area contributed by atoms with Crippen LogP contribution in [0.25, 0.3) is 21.8 Å². The number of nitrogens with zero attached hydrogens (tertiary/aromatic N) is 6. The summed E-state index contributed by atoms with van der Waals surface area (Å²) < 4.78 is 12.2. The van der Waals surface area contributed by atoms with Crippen LogP contribution in [0, 0.1) is 20.2 Å². The SMILES string of the molecule is CC(C)(C)OC(=O)N1CCC(N)C1.CC(C)(C)OC(=O)N1CCC(Nc2c([N+](=O)[O-])cnc3ccc(Br)cc23)C1.O=[N+]([O-])c1cnc2ccc(Br)cc2c1Cl. The normalized spacial score (nSPS) is 16.8. The van der Waals surface area contributed by atoms with Crippen LogP contribution in [0.4, 0.5) is 26.7 Å². The minimum absolute atomic E-state index is 0.0867. The molecule has 4 aromatic rings. The summed E-state index contributed by atoms with van der Waals surface area (Å²) in [5.74, 6) is 0. The van der Waals surface area contributed by atoms with Gasteiger partial charge in [0.05, 0.1) is 20.9 Å². The Morgan fingerprint density at radius 2 is 1.29 bits per heavy atom. The van der Waals surface area contributed by atoms with Gasteiger partial charge < -0.3 is 30.3 Å². The Bertz CT molecular complexity index is 2080. The third-order valence-electron chi connectivity index (χ3n) is 8.01. The molecule has 2 aliphatic heterocycles. The molecule has 2 atom stereocenters. The summed E-state index contributed by atoms with van der Waals surface area (Å²) in [5, 5.41) is 26.7. The van der Waals surface area contributed by atoms with E-state index in [4.69, 9.17) is 26.8 Å². The second kappa shape index (κ2) is 18.0. The van der Waals surface area contributed by atoms with Gasteiger partial charge in [-0.25, -0.2) is 19.6 Å². The van der Waals surface area contributed by atoms with Crippen LogP contribution in [-0.4, -0.2) is 91.3 Å². The average molecular weight is 911 g/mol. The van der Waals surface area contributed by atoms with Crippen LogP contribution in [-0.2, 0) is 9.47 Å². The molecule has 2 fully saturated rings. The van der Waals surface area contributed by atoms with E-state index in [-0.39, 0.29) is 40.7 Å². The fraction of sp³-hybridized carbons (Fsp3) is 0.444. The second-order valence-electron chi connectivity index (χ2n) is 14.8. The fourth-order valence-corrected chi connectivity index (χ4v) is 6.54. The van der Waals surface area contributed by atoms with Crippen LogP contribution < -0.4 is 11.1 Å². The molecule has 2 aliphatic rings. The summed E-state index contributed by atoms with van der Waals surface area (Å²) >= 11 is 12.6. The van der Waals surface area contributed by atoms with Crippen molar-refractivity contribution in [2.45, 2.75) is 77.7 Å². The maximum Gasteiger partial charge on any atom is 0.410 e. The van der Waals surface area contributed by atoms with E-state index >= 15 is 0 Å². The number of aromatic nitrogens is 2. The topological polar surface area (TPSA) is 209 Å². The Morgan fingerprint density at radius 3 is 1.78 bits per heavy atom. The number of nitro groups is 2. The van der Waals surface area contributed by atoms with Crippen molar-refractivity contribution in [2.75, 3.05) is 31.5 Å². The van der Waals surface area contributed by atoms with Gasteiger partial charge in [-0.1, -0.05) is 43.5 Å². The molecule has 55 heavy (non-hydrogen) atoms. The first-order chi connectivity index (χ1) is 25.6. The molecule has 2 unspecified atom stereocenters. The van der Waals surface area contributed by atoms with Gasteiger partial charge in [-0.05, 0) is 90.8 Å². The van der Waals surface area contributed by atoms with Crippen molar-refractivity contribution < 1.29 is 28.9 Å². The molecule has 4 heterocycles. The van der Waals surface area contributed by atoms with Gasteiger partial charge in [0.25, 0.3) is 0 Å². The van der Waals surface area contributed by atoms with Crippen LogP contribution in [0.15, 0.2) is 57.7 Å². The van der Waals surface area contributed by atoms with Gasteiger partial charge >= 0.3 is 23.6 Å². The Hall–Kier alpha value is -4.39. The van der Waals surface area contributed by atoms with Gasteiger partial charge in [0.15, 0.2) is 0 Å². The average Bonchev–Trinajstić information content (AvgIpc) is 3.74. The molecule has 16 nitrogen and oxygen atoms in total. The number of nitrogens with two attached hydrogens (primary N) is 1. The molecule has 0 bridgehead atoms. The third-order valence-corrected chi connectivity index (χ3v) is 9.40. The van der Waals surface area contributed by atoms with Crippen LogP contribution in [0.2, 0.25) is 5.02 Å². The quantitative estimate of drug-likeness (QED) is 0.145. The zero-order valence-corrected chi connectivity index (χ0v) is 35.1. The Labute approximate surface area is 339 Å². The molecule has 3 N–H and O–H groups in total. The van der Waals surface area contributed by atoms with E-state index in [0.717, 1.165) is 21.9 Å². The van der Waals surface area contributed by atoms with E-state index in [1.807, 2.05) is 47.6 Å². The Morgan fingerprint density at radius 1 is 0.818 bits per heavy atom. The van der Waals surface area contributed by atoms with E-state index in [2.05, 4.69) is 47.1 Å². The number of amides is 2. The molecule has 19 heteroatoms. The summed E-state index contributed by atoms with van der Waals surface area (Å²) in [6, 6.07) is 10.7. The number of hydrogen-bond donors (Lipinski definition) is 2. The van der Waals surface area contributed by atoms with Crippen LogP contribution >= 0.6 is 43.5 Å². The smallest absolute Gasteiger partial charge is 0.410 e. The highest BCUT2D eigenvalue weighted by molar-refractivity contribution is 9.10. The second-order valence-corrected chi connectivity index (χ2v) is 17.1. The van der Waals surface area contributed by atoms with Crippen LogP contribution in [0.3, 0.4) is 0 Å². The Balaban J connectivity index is 0.000000202. The first-order valence-electron chi connectivity index (χ1n) is 17.2. The number of anilines is 1. The van der Waals surface area contributed by atoms with Gasteiger partial charge in [-0.2, -0.15) is 0 Å². The number of benzene rings is 2. The summed E-state index contributed by atoms with van der Waals surface area (Å²) in [7, 11) is 0. The van der Waals surface area contributed by atoms with Crippen LogP contribution in [0.5, 0.6) is 0 Å². The summed E-state index contributed by atoms with van der Waals surface area (Å²) in [5.41, 5.74) is 6.15. The van der Waals surface area contributed by atoms with E-state index in [9.17, 15) is 29.8 Å². The standard InChI is InChI=1S/C18H21BrN4O4.C9H4BrClN2O2.C9H18N2O2/c1-18(2,3)27-17(24)22-7-6-12(10-22)21-16-13-8-11(19)4-5-14(13)20-9-15(16)23(25)26;10-5-1-2-7-6(3-5)9(11)8(4-12-7)13(14)15;1-9(2,3)13-8(12)11-5-4-7(10)6-11/h4-5,8-9,12H,6-7,10H2,1-3H3,(H,20,21);1-4H;7H,4-6,10H2,1-3H3. The van der Waals surface area contributed by atoms with Gasteiger partial charge in [-0.15, -0.1) is 0 Å². The van der Waals surface area contributed by atoms with Crippen molar-refractivity contribution in [1.29, 1.82) is 0 Å². The number of fused-ring (bicyclic) bond motifs is 2. The molecule has 0 aliphatic carbocycles. The van der Waals surface area contributed by atoms with Gasteiger partial charge in [0, 0.05) is 58.0 Å². The highest BCUT2D eigenvalue weighted by Gasteiger charge is 2.32. The monoisotopic (exact) mass is 908 g/mol. The first-order valence-corrected chi connectivity index (χ1v) is 19.2. The lowest BCUT2D eigenvalue weighted by Crippen LogP contribution is -2.36. The minimum Gasteiger partial charge on any atom is -0.444 e. The number of carbonyl (C=O) groups excluding carboxylic acids is 2. The Kier molecular flexibility index (Phi) is 14.2. The zero-order chi connectivity index (χ0) is 40.8. The number of halogens is 3. The summed E-state index contributed by atoms with van der Waals surface area (Å²) in [6.07, 6.45) is 3.36. The first kappa shape index (κ1) is 43.3. The number of carbonyl (C=O) groups is 2. The molecule has 6 rings (SSSR count). The number of ether oxygens (including phenoxy) is 2. The molecule has 2 aromatic carbocycles. The summed E-state index contributed by atoms with van der Waals surface area (Å²) in [4.78, 5) is 56.2.